The fourth-order valence-corrected chi connectivity index (χ4v) is 2.85. The zero-order valence-corrected chi connectivity index (χ0v) is 13.9. The summed E-state index contributed by atoms with van der Waals surface area (Å²) in [4.78, 5) is 11.6. The van der Waals surface area contributed by atoms with Gasteiger partial charge < -0.3 is 15.0 Å². The lowest BCUT2D eigenvalue weighted by Crippen LogP contribution is -2.26. The second-order valence-corrected chi connectivity index (χ2v) is 5.95. The summed E-state index contributed by atoms with van der Waals surface area (Å²) in [7, 11) is 1.67. The first-order valence-electron chi connectivity index (χ1n) is 8.26. The summed E-state index contributed by atoms with van der Waals surface area (Å²) in [6, 6.07) is 9.83. The number of aryl methyl sites for hydroxylation is 1. The molecule has 122 valence electrons. The molecule has 0 bridgehead atoms. The average Bonchev–Trinajstić information content (AvgIpc) is 2.84. The van der Waals surface area contributed by atoms with Crippen LogP contribution < -0.4 is 15.0 Å². The quantitative estimate of drug-likeness (QED) is 0.927. The molecule has 2 aromatic rings. The number of aromatic nitrogens is 2. The van der Waals surface area contributed by atoms with Gasteiger partial charge in [0.15, 0.2) is 0 Å². The van der Waals surface area contributed by atoms with Gasteiger partial charge in [-0.1, -0.05) is 12.8 Å². The van der Waals surface area contributed by atoms with Crippen molar-refractivity contribution in [3.8, 4) is 5.75 Å². The highest BCUT2D eigenvalue weighted by molar-refractivity contribution is 5.58. The molecule has 0 saturated carbocycles. The van der Waals surface area contributed by atoms with Gasteiger partial charge in [0.1, 0.15) is 11.6 Å². The van der Waals surface area contributed by atoms with Crippen LogP contribution in [0.4, 0.5) is 17.5 Å². The topological polar surface area (TPSA) is 50.3 Å². The van der Waals surface area contributed by atoms with Gasteiger partial charge in [0.25, 0.3) is 0 Å². The van der Waals surface area contributed by atoms with Crippen LogP contribution in [0.5, 0.6) is 5.75 Å². The van der Waals surface area contributed by atoms with E-state index in [1.165, 1.54) is 25.7 Å². The Hall–Kier alpha value is -2.30. The average molecular weight is 312 g/mol. The van der Waals surface area contributed by atoms with Gasteiger partial charge in [-0.25, -0.2) is 4.98 Å². The Morgan fingerprint density at radius 2 is 1.70 bits per heavy atom. The van der Waals surface area contributed by atoms with E-state index in [2.05, 4.69) is 15.2 Å². The molecular weight excluding hydrogens is 288 g/mol. The number of hydrogen-bond donors (Lipinski definition) is 1. The number of methoxy groups -OCH3 is 1. The Bertz CT molecular complexity index is 634. The maximum atomic E-state index is 5.19. The minimum atomic E-state index is 0.835. The summed E-state index contributed by atoms with van der Waals surface area (Å²) >= 11 is 0. The van der Waals surface area contributed by atoms with Crippen LogP contribution in [0.25, 0.3) is 0 Å². The Balaban J connectivity index is 1.78. The number of ether oxygens (including phenoxy) is 1. The molecule has 1 aromatic carbocycles. The van der Waals surface area contributed by atoms with Crippen LogP contribution in [-0.2, 0) is 0 Å². The molecule has 1 aromatic heterocycles. The fraction of sp³-hybridized carbons (Fsp3) is 0.444. The van der Waals surface area contributed by atoms with Crippen molar-refractivity contribution < 1.29 is 4.74 Å². The minimum absolute atomic E-state index is 0.835. The summed E-state index contributed by atoms with van der Waals surface area (Å²) in [6.45, 7) is 4.11. The molecule has 1 aliphatic rings. The van der Waals surface area contributed by atoms with E-state index in [1.54, 1.807) is 7.11 Å². The molecule has 0 unspecified atom stereocenters. The summed E-state index contributed by atoms with van der Waals surface area (Å²) < 4.78 is 5.19. The Morgan fingerprint density at radius 1 is 1.00 bits per heavy atom. The van der Waals surface area contributed by atoms with E-state index in [0.717, 1.165) is 42.0 Å². The van der Waals surface area contributed by atoms with Crippen LogP contribution in [0.2, 0.25) is 0 Å². The highest BCUT2D eigenvalue weighted by Crippen LogP contribution is 2.22. The van der Waals surface area contributed by atoms with Crippen LogP contribution >= 0.6 is 0 Å². The fourth-order valence-electron chi connectivity index (χ4n) is 2.85. The molecule has 23 heavy (non-hydrogen) atoms. The van der Waals surface area contributed by atoms with E-state index in [0.29, 0.717) is 0 Å². The van der Waals surface area contributed by atoms with Gasteiger partial charge in [0, 0.05) is 30.5 Å². The third-order valence-electron chi connectivity index (χ3n) is 4.09. The van der Waals surface area contributed by atoms with E-state index >= 15 is 0 Å². The first-order chi connectivity index (χ1) is 11.2. The molecule has 0 radical (unpaired) electrons. The predicted octanol–water partition coefficient (Wildman–Crippen LogP) is 3.92. The van der Waals surface area contributed by atoms with E-state index in [9.17, 15) is 0 Å². The lowest BCUT2D eigenvalue weighted by atomic mass is 10.2. The van der Waals surface area contributed by atoms with E-state index in [-0.39, 0.29) is 0 Å². The number of hydrogen-bond acceptors (Lipinski definition) is 5. The standard InChI is InChI=1S/C18H24N4O/c1-14-13-17(20-15-7-9-16(23-2)10-8-15)21-18(19-14)22-11-5-3-4-6-12-22/h7-10,13H,3-6,11-12H2,1-2H3,(H,19,20,21). The molecular formula is C18H24N4O. The van der Waals surface area contributed by atoms with Crippen LogP contribution in [0.1, 0.15) is 31.4 Å². The molecule has 0 aliphatic carbocycles. The highest BCUT2D eigenvalue weighted by atomic mass is 16.5. The van der Waals surface area contributed by atoms with Crippen molar-refractivity contribution in [2.45, 2.75) is 32.6 Å². The van der Waals surface area contributed by atoms with Gasteiger partial charge in [0.2, 0.25) is 5.95 Å². The highest BCUT2D eigenvalue weighted by Gasteiger charge is 2.13. The molecule has 3 rings (SSSR count). The number of rotatable bonds is 4. The largest absolute Gasteiger partial charge is 0.497 e. The third kappa shape index (κ3) is 4.12. The Morgan fingerprint density at radius 3 is 2.35 bits per heavy atom. The van der Waals surface area contributed by atoms with Crippen molar-refractivity contribution in [2.24, 2.45) is 0 Å². The molecule has 2 heterocycles. The zero-order valence-electron chi connectivity index (χ0n) is 13.9. The van der Waals surface area contributed by atoms with Gasteiger partial charge in [-0.3, -0.25) is 0 Å². The molecule has 0 amide bonds. The van der Waals surface area contributed by atoms with Crippen LogP contribution in [0, 0.1) is 6.92 Å². The normalized spacial score (nSPS) is 15.1. The van der Waals surface area contributed by atoms with E-state index in [1.807, 2.05) is 37.3 Å². The molecule has 5 nitrogen and oxygen atoms in total. The second-order valence-electron chi connectivity index (χ2n) is 5.95. The number of benzene rings is 1. The predicted molar refractivity (Wildman–Crippen MR) is 93.7 cm³/mol. The van der Waals surface area contributed by atoms with Crippen molar-refractivity contribution in [3.05, 3.63) is 36.0 Å². The molecule has 1 N–H and O–H groups in total. The van der Waals surface area contributed by atoms with Crippen molar-refractivity contribution in [1.82, 2.24) is 9.97 Å². The molecule has 0 spiro atoms. The Labute approximate surface area is 137 Å². The monoisotopic (exact) mass is 312 g/mol. The first kappa shape index (κ1) is 15.6. The zero-order chi connectivity index (χ0) is 16.1. The molecule has 1 saturated heterocycles. The summed E-state index contributed by atoms with van der Waals surface area (Å²) in [5, 5.41) is 3.36. The van der Waals surface area contributed by atoms with E-state index < -0.39 is 0 Å². The molecule has 1 fully saturated rings. The minimum Gasteiger partial charge on any atom is -0.497 e. The number of nitrogens with one attached hydrogen (secondary N) is 1. The van der Waals surface area contributed by atoms with Gasteiger partial charge in [-0.2, -0.15) is 4.98 Å². The van der Waals surface area contributed by atoms with Crippen molar-refractivity contribution in [1.29, 1.82) is 0 Å². The maximum absolute atomic E-state index is 5.19. The molecule has 5 heteroatoms. The van der Waals surface area contributed by atoms with Crippen LogP contribution in [0.3, 0.4) is 0 Å². The summed E-state index contributed by atoms with van der Waals surface area (Å²) in [5.41, 5.74) is 1.97. The van der Waals surface area contributed by atoms with Crippen molar-refractivity contribution >= 4 is 17.5 Å². The van der Waals surface area contributed by atoms with Crippen LogP contribution in [0.15, 0.2) is 30.3 Å². The summed E-state index contributed by atoms with van der Waals surface area (Å²) in [6.07, 6.45) is 5.05. The Kier molecular flexibility index (Phi) is 4.95. The first-order valence-corrected chi connectivity index (χ1v) is 8.26. The third-order valence-corrected chi connectivity index (χ3v) is 4.09. The van der Waals surface area contributed by atoms with Crippen LogP contribution in [-0.4, -0.2) is 30.2 Å². The molecule has 1 aliphatic heterocycles. The number of nitrogens with zero attached hydrogens (tertiary/aromatic N) is 3. The molecule has 0 atom stereocenters. The van der Waals surface area contributed by atoms with E-state index in [4.69, 9.17) is 9.72 Å². The van der Waals surface area contributed by atoms with Gasteiger partial charge in [0.05, 0.1) is 7.11 Å². The maximum Gasteiger partial charge on any atom is 0.227 e. The second kappa shape index (κ2) is 7.31. The van der Waals surface area contributed by atoms with Gasteiger partial charge in [-0.05, 0) is 44.0 Å². The number of anilines is 3. The van der Waals surface area contributed by atoms with Gasteiger partial charge in [-0.15, -0.1) is 0 Å². The SMILES string of the molecule is COc1ccc(Nc2cc(C)nc(N3CCCCCC3)n2)cc1. The summed E-state index contributed by atoms with van der Waals surface area (Å²) in [5.74, 6) is 2.52. The van der Waals surface area contributed by atoms with Crippen molar-refractivity contribution in [3.63, 3.8) is 0 Å². The lowest BCUT2D eigenvalue weighted by Gasteiger charge is -2.21. The smallest absolute Gasteiger partial charge is 0.227 e. The van der Waals surface area contributed by atoms with Crippen molar-refractivity contribution in [2.75, 3.05) is 30.4 Å². The lowest BCUT2D eigenvalue weighted by molar-refractivity contribution is 0.415. The van der Waals surface area contributed by atoms with Gasteiger partial charge >= 0.3 is 0 Å².